The van der Waals surface area contributed by atoms with E-state index in [1.165, 1.54) is 18.3 Å². The molecule has 3 aromatic rings. The van der Waals surface area contributed by atoms with Gasteiger partial charge >= 0.3 is 0 Å². The highest BCUT2D eigenvalue weighted by molar-refractivity contribution is 6.32. The number of nitro groups is 1. The SMILES string of the molecule is O=C(COc1ccccc1Cl)N/N=C\c1ccc(-c2ccc([N+](=O)[O-])cc2)o1. The Morgan fingerprint density at radius 1 is 1.18 bits per heavy atom. The lowest BCUT2D eigenvalue weighted by Crippen LogP contribution is -2.24. The van der Waals surface area contributed by atoms with Gasteiger partial charge in [0.05, 0.1) is 16.2 Å². The van der Waals surface area contributed by atoms with Gasteiger partial charge in [-0.1, -0.05) is 23.7 Å². The maximum Gasteiger partial charge on any atom is 0.277 e. The summed E-state index contributed by atoms with van der Waals surface area (Å²) >= 11 is 5.94. The van der Waals surface area contributed by atoms with E-state index in [-0.39, 0.29) is 12.3 Å². The molecule has 9 heteroatoms. The summed E-state index contributed by atoms with van der Waals surface area (Å²) < 4.78 is 10.9. The van der Waals surface area contributed by atoms with Crippen molar-refractivity contribution in [3.63, 3.8) is 0 Å². The summed E-state index contributed by atoms with van der Waals surface area (Å²) in [5.74, 6) is 0.866. The predicted octanol–water partition coefficient (Wildman–Crippen LogP) is 4.04. The molecule has 1 aromatic heterocycles. The lowest BCUT2D eigenvalue weighted by Gasteiger charge is -2.06. The number of benzene rings is 2. The van der Waals surface area contributed by atoms with Crippen LogP contribution in [0.2, 0.25) is 5.02 Å². The van der Waals surface area contributed by atoms with E-state index in [0.717, 1.165) is 0 Å². The van der Waals surface area contributed by atoms with Crippen LogP contribution in [0.1, 0.15) is 5.76 Å². The summed E-state index contributed by atoms with van der Waals surface area (Å²) in [7, 11) is 0. The Labute approximate surface area is 164 Å². The van der Waals surface area contributed by atoms with E-state index in [1.807, 2.05) is 0 Å². The molecule has 28 heavy (non-hydrogen) atoms. The third-order valence-electron chi connectivity index (χ3n) is 3.57. The Kier molecular flexibility index (Phi) is 6.03. The van der Waals surface area contributed by atoms with Crippen LogP contribution in [0.5, 0.6) is 5.75 Å². The Morgan fingerprint density at radius 2 is 1.93 bits per heavy atom. The van der Waals surface area contributed by atoms with E-state index < -0.39 is 10.8 Å². The third-order valence-corrected chi connectivity index (χ3v) is 3.88. The number of carbonyl (C=O) groups excluding carboxylic acids is 1. The molecule has 0 aliphatic rings. The lowest BCUT2D eigenvalue weighted by molar-refractivity contribution is -0.384. The second-order valence-electron chi connectivity index (χ2n) is 5.52. The number of nitro benzene ring substituents is 1. The molecular weight excluding hydrogens is 386 g/mol. The average Bonchev–Trinajstić information content (AvgIpc) is 3.16. The van der Waals surface area contributed by atoms with Gasteiger partial charge in [0.2, 0.25) is 0 Å². The first-order valence-electron chi connectivity index (χ1n) is 8.07. The molecule has 2 aromatic carbocycles. The number of nitrogens with one attached hydrogen (secondary N) is 1. The first-order valence-corrected chi connectivity index (χ1v) is 8.44. The summed E-state index contributed by atoms with van der Waals surface area (Å²) in [6.07, 6.45) is 1.34. The van der Waals surface area contributed by atoms with Gasteiger partial charge in [0.1, 0.15) is 17.3 Å². The molecule has 0 spiro atoms. The normalized spacial score (nSPS) is 10.8. The number of amides is 1. The smallest absolute Gasteiger partial charge is 0.277 e. The molecule has 142 valence electrons. The minimum absolute atomic E-state index is 0.00110. The van der Waals surface area contributed by atoms with Gasteiger partial charge < -0.3 is 9.15 Å². The van der Waals surface area contributed by atoms with E-state index in [4.69, 9.17) is 20.8 Å². The fraction of sp³-hybridized carbons (Fsp3) is 0.0526. The molecule has 0 saturated carbocycles. The van der Waals surface area contributed by atoms with E-state index in [2.05, 4.69) is 10.5 Å². The molecule has 0 radical (unpaired) electrons. The van der Waals surface area contributed by atoms with Gasteiger partial charge in [-0.25, -0.2) is 5.43 Å². The minimum atomic E-state index is -0.470. The molecule has 1 heterocycles. The number of nitrogens with zero attached hydrogens (tertiary/aromatic N) is 2. The van der Waals surface area contributed by atoms with Crippen molar-refractivity contribution >= 4 is 29.4 Å². The van der Waals surface area contributed by atoms with E-state index >= 15 is 0 Å². The highest BCUT2D eigenvalue weighted by Crippen LogP contribution is 2.24. The summed E-state index contributed by atoms with van der Waals surface area (Å²) in [5, 5.41) is 14.9. The predicted molar refractivity (Wildman–Crippen MR) is 103 cm³/mol. The van der Waals surface area contributed by atoms with Gasteiger partial charge in [-0.2, -0.15) is 5.10 Å². The fourth-order valence-corrected chi connectivity index (χ4v) is 2.42. The quantitative estimate of drug-likeness (QED) is 0.366. The number of hydrogen-bond donors (Lipinski definition) is 1. The number of carbonyl (C=O) groups is 1. The largest absolute Gasteiger partial charge is 0.482 e. The molecule has 8 nitrogen and oxygen atoms in total. The van der Waals surface area contributed by atoms with Gasteiger partial charge in [-0.05, 0) is 36.4 Å². The standard InChI is InChI=1S/C19H14ClN3O5/c20-16-3-1-2-4-18(16)27-12-19(24)22-21-11-15-9-10-17(28-15)13-5-7-14(8-6-13)23(25)26/h1-11H,12H2,(H,22,24)/b21-11-. The molecule has 0 bridgehead atoms. The van der Waals surface area contributed by atoms with Crippen LogP contribution < -0.4 is 10.2 Å². The van der Waals surface area contributed by atoms with Crippen molar-refractivity contribution in [2.24, 2.45) is 5.10 Å². The van der Waals surface area contributed by atoms with Crippen molar-refractivity contribution in [3.8, 4) is 17.1 Å². The van der Waals surface area contributed by atoms with Crippen LogP contribution in [-0.2, 0) is 4.79 Å². The number of furan rings is 1. The number of para-hydroxylation sites is 1. The van der Waals surface area contributed by atoms with Crippen molar-refractivity contribution in [2.45, 2.75) is 0 Å². The molecule has 0 fully saturated rings. The second-order valence-corrected chi connectivity index (χ2v) is 5.93. The van der Waals surface area contributed by atoms with Gasteiger partial charge in [0.25, 0.3) is 11.6 Å². The number of hydrazone groups is 1. The molecule has 0 saturated heterocycles. The highest BCUT2D eigenvalue weighted by Gasteiger charge is 2.08. The molecule has 1 N–H and O–H groups in total. The number of non-ortho nitro benzene ring substituents is 1. The molecule has 0 aliphatic carbocycles. The van der Waals surface area contributed by atoms with Crippen LogP contribution in [0.4, 0.5) is 5.69 Å². The Morgan fingerprint density at radius 3 is 2.64 bits per heavy atom. The maximum atomic E-state index is 11.8. The van der Waals surface area contributed by atoms with Crippen molar-refractivity contribution in [3.05, 3.63) is 81.6 Å². The second kappa shape index (κ2) is 8.83. The summed E-state index contributed by atoms with van der Waals surface area (Å²) in [4.78, 5) is 22.0. The first-order chi connectivity index (χ1) is 13.5. The zero-order chi connectivity index (χ0) is 19.9. The van der Waals surface area contributed by atoms with Crippen LogP contribution >= 0.6 is 11.6 Å². The summed E-state index contributed by atoms with van der Waals surface area (Å²) in [6.45, 7) is -0.243. The monoisotopic (exact) mass is 399 g/mol. The number of hydrogen-bond acceptors (Lipinski definition) is 6. The van der Waals surface area contributed by atoms with Gasteiger partial charge in [0.15, 0.2) is 6.61 Å². The van der Waals surface area contributed by atoms with E-state index in [9.17, 15) is 14.9 Å². The third kappa shape index (κ3) is 4.95. The van der Waals surface area contributed by atoms with Crippen LogP contribution in [0.3, 0.4) is 0 Å². The van der Waals surface area contributed by atoms with Gasteiger partial charge in [0, 0.05) is 17.7 Å². The van der Waals surface area contributed by atoms with Crippen LogP contribution in [0, 0.1) is 10.1 Å². The van der Waals surface area contributed by atoms with Crippen molar-refractivity contribution < 1.29 is 18.9 Å². The van der Waals surface area contributed by atoms with Crippen molar-refractivity contribution in [1.29, 1.82) is 0 Å². The first kappa shape index (κ1) is 19.1. The van der Waals surface area contributed by atoms with E-state index in [1.54, 1.807) is 48.5 Å². The van der Waals surface area contributed by atoms with Crippen molar-refractivity contribution in [2.75, 3.05) is 6.61 Å². The van der Waals surface area contributed by atoms with Crippen molar-refractivity contribution in [1.82, 2.24) is 5.43 Å². The Balaban J connectivity index is 1.53. The molecule has 0 aliphatic heterocycles. The number of ether oxygens (including phenoxy) is 1. The molecule has 0 unspecified atom stereocenters. The zero-order valence-electron chi connectivity index (χ0n) is 14.4. The van der Waals surface area contributed by atoms with Crippen LogP contribution in [0.25, 0.3) is 11.3 Å². The maximum absolute atomic E-state index is 11.8. The van der Waals surface area contributed by atoms with Crippen LogP contribution in [-0.4, -0.2) is 23.7 Å². The lowest BCUT2D eigenvalue weighted by atomic mass is 10.1. The van der Waals surface area contributed by atoms with Gasteiger partial charge in [-0.3, -0.25) is 14.9 Å². The minimum Gasteiger partial charge on any atom is -0.482 e. The summed E-state index contributed by atoms with van der Waals surface area (Å²) in [5.41, 5.74) is 3.00. The van der Waals surface area contributed by atoms with E-state index in [0.29, 0.717) is 27.9 Å². The Bertz CT molecular complexity index is 1010. The number of halogens is 1. The number of rotatable bonds is 7. The Hall–Kier alpha value is -3.65. The molecular formula is C19H14ClN3O5. The fourth-order valence-electron chi connectivity index (χ4n) is 2.23. The zero-order valence-corrected chi connectivity index (χ0v) is 15.1. The highest BCUT2D eigenvalue weighted by atomic mass is 35.5. The van der Waals surface area contributed by atoms with Gasteiger partial charge in [-0.15, -0.1) is 0 Å². The molecule has 1 amide bonds. The topological polar surface area (TPSA) is 107 Å². The summed E-state index contributed by atoms with van der Waals surface area (Å²) in [6, 6.07) is 16.1. The molecule has 0 atom stereocenters. The van der Waals surface area contributed by atoms with Crippen LogP contribution in [0.15, 0.2) is 70.2 Å². The average molecular weight is 400 g/mol. The molecule has 3 rings (SSSR count).